The van der Waals surface area contributed by atoms with Crippen LogP contribution in [0, 0.1) is 0 Å². The van der Waals surface area contributed by atoms with E-state index in [2.05, 4.69) is 15.4 Å². The van der Waals surface area contributed by atoms with Gasteiger partial charge in [-0.1, -0.05) is 35.0 Å². The van der Waals surface area contributed by atoms with Gasteiger partial charge >= 0.3 is 5.97 Å². The lowest BCUT2D eigenvalue weighted by Gasteiger charge is -2.08. The van der Waals surface area contributed by atoms with Crippen LogP contribution < -0.4 is 10.7 Å². The van der Waals surface area contributed by atoms with Gasteiger partial charge in [-0.2, -0.15) is 0 Å². The Labute approximate surface area is 160 Å². The highest BCUT2D eigenvalue weighted by atomic mass is 35.5. The van der Waals surface area contributed by atoms with Crippen molar-refractivity contribution >= 4 is 52.5 Å². The average Bonchev–Trinajstić information content (AvgIpc) is 3.01. The van der Waals surface area contributed by atoms with Gasteiger partial charge < -0.3 is 10.4 Å². The number of fused-ring (bicyclic) bond motifs is 1. The molecule has 3 N–H and O–H groups in total. The molecule has 8 nitrogen and oxygen atoms in total. The lowest BCUT2D eigenvalue weighted by Crippen LogP contribution is -2.33. The third kappa shape index (κ3) is 3.85. The van der Waals surface area contributed by atoms with Gasteiger partial charge in [0.25, 0.3) is 5.91 Å². The molecule has 0 fully saturated rings. The van der Waals surface area contributed by atoms with Crippen LogP contribution in [0.5, 0.6) is 0 Å². The van der Waals surface area contributed by atoms with E-state index in [0.717, 1.165) is 0 Å². The quantitative estimate of drug-likeness (QED) is 0.591. The Bertz CT molecular complexity index is 1060. The van der Waals surface area contributed by atoms with E-state index in [1.54, 1.807) is 18.2 Å². The van der Waals surface area contributed by atoms with Crippen LogP contribution in [-0.2, 0) is 4.79 Å². The lowest BCUT2D eigenvalue weighted by molar-refractivity contribution is -0.135. The number of aromatic amines is 1. The number of carbonyl (C=O) groups is 2. The first kappa shape index (κ1) is 18.3. The first-order valence-electron chi connectivity index (χ1n) is 7.08. The predicted molar refractivity (Wildman–Crippen MR) is 96.4 cm³/mol. The largest absolute Gasteiger partial charge is 0.480 e. The Balaban J connectivity index is 2.03. The number of rotatable bonds is 5. The number of halogens is 2. The summed E-state index contributed by atoms with van der Waals surface area (Å²) in [5, 5.41) is 15.0. The van der Waals surface area contributed by atoms with Crippen LogP contribution in [0.3, 0.4) is 0 Å². The van der Waals surface area contributed by atoms with Crippen molar-refractivity contribution in [2.24, 2.45) is 0 Å². The number of hydrogen-bond donors (Lipinski definition) is 3. The van der Waals surface area contributed by atoms with Crippen LogP contribution in [0.4, 0.5) is 0 Å². The fourth-order valence-corrected chi connectivity index (χ4v) is 3.88. The van der Waals surface area contributed by atoms with Crippen molar-refractivity contribution in [3.8, 4) is 0 Å². The van der Waals surface area contributed by atoms with Crippen molar-refractivity contribution in [1.82, 2.24) is 19.9 Å². The van der Waals surface area contributed by atoms with Gasteiger partial charge in [-0.3, -0.25) is 19.5 Å². The summed E-state index contributed by atoms with van der Waals surface area (Å²) in [7, 11) is 0. The highest BCUT2D eigenvalue weighted by molar-refractivity contribution is 7.99. The summed E-state index contributed by atoms with van der Waals surface area (Å²) in [6.45, 7) is -0.605. The summed E-state index contributed by atoms with van der Waals surface area (Å²) in [6, 6.07) is 6.19. The molecule has 0 aliphatic carbocycles. The first-order chi connectivity index (χ1) is 12.3. The van der Waals surface area contributed by atoms with Gasteiger partial charge in [-0.05, 0) is 18.2 Å². The average molecular weight is 413 g/mol. The number of carboxylic acid groups (broad SMARTS) is 1. The third-order valence-electron chi connectivity index (χ3n) is 3.22. The van der Waals surface area contributed by atoms with Crippen molar-refractivity contribution in [2.75, 3.05) is 6.54 Å². The molecule has 11 heteroatoms. The molecule has 0 spiro atoms. The van der Waals surface area contributed by atoms with Gasteiger partial charge in [-0.25, -0.2) is 9.50 Å². The van der Waals surface area contributed by atoms with E-state index in [0.29, 0.717) is 20.0 Å². The summed E-state index contributed by atoms with van der Waals surface area (Å²) >= 11 is 13.2. The topological polar surface area (TPSA) is 117 Å². The summed E-state index contributed by atoms with van der Waals surface area (Å²) in [4.78, 5) is 39.9. The number of aromatic nitrogens is 3. The molecule has 3 rings (SSSR count). The number of benzene rings is 1. The number of nitrogens with zero attached hydrogens (tertiary/aromatic N) is 2. The van der Waals surface area contributed by atoms with Gasteiger partial charge in [0.05, 0.1) is 0 Å². The molecule has 0 radical (unpaired) electrons. The van der Waals surface area contributed by atoms with Gasteiger partial charge in [-0.15, -0.1) is 0 Å². The van der Waals surface area contributed by atoms with Crippen molar-refractivity contribution in [3.63, 3.8) is 0 Å². The molecule has 2 aromatic heterocycles. The zero-order valence-corrected chi connectivity index (χ0v) is 15.2. The normalized spacial score (nSPS) is 10.8. The highest BCUT2D eigenvalue weighted by Gasteiger charge is 2.20. The number of aliphatic carboxylic acids is 1. The van der Waals surface area contributed by atoms with Crippen LogP contribution in [0.2, 0.25) is 10.0 Å². The maximum atomic E-state index is 12.4. The van der Waals surface area contributed by atoms with Crippen LogP contribution in [0.1, 0.15) is 10.4 Å². The molecule has 1 amide bonds. The number of nitrogens with one attached hydrogen (secondary N) is 2. The minimum absolute atomic E-state index is 0.0796. The molecule has 3 aromatic rings. The molecule has 0 aliphatic heterocycles. The molecular formula is C15H10Cl2N4O4S. The molecule has 1 aromatic carbocycles. The number of pyridine rings is 1. The second-order valence-electron chi connectivity index (χ2n) is 5.05. The Hall–Kier alpha value is -2.49. The number of H-pyrrole nitrogens is 1. The summed E-state index contributed by atoms with van der Waals surface area (Å²) in [5.74, 6) is -2.04. The van der Waals surface area contributed by atoms with Gasteiger partial charge in [0.15, 0.2) is 11.1 Å². The molecule has 134 valence electrons. The number of carbonyl (C=O) groups excluding carboxylic acids is 1. The maximum Gasteiger partial charge on any atom is 0.322 e. The second-order valence-corrected chi connectivity index (χ2v) is 7.02. The highest BCUT2D eigenvalue weighted by Crippen LogP contribution is 2.31. The zero-order valence-electron chi connectivity index (χ0n) is 12.8. The SMILES string of the molecule is O=C(O)CNC(=O)c1c(=O)cc(Sc2cc(Cl)cc(Cl)c2)n2[nH]cnc12. The number of amides is 1. The van der Waals surface area contributed by atoms with Crippen molar-refractivity contribution in [3.05, 3.63) is 56.4 Å². The van der Waals surface area contributed by atoms with Crippen molar-refractivity contribution in [2.45, 2.75) is 9.92 Å². The fourth-order valence-electron chi connectivity index (χ4n) is 2.21. The van der Waals surface area contributed by atoms with E-state index in [9.17, 15) is 14.4 Å². The monoisotopic (exact) mass is 412 g/mol. The number of hydrogen-bond acceptors (Lipinski definition) is 5. The fraction of sp³-hybridized carbons (Fsp3) is 0.0667. The molecular weight excluding hydrogens is 403 g/mol. The summed E-state index contributed by atoms with van der Waals surface area (Å²) in [5.41, 5.74) is -0.757. The van der Waals surface area contributed by atoms with Crippen LogP contribution in [-0.4, -0.2) is 38.1 Å². The Morgan fingerprint density at radius 2 is 1.92 bits per heavy atom. The minimum atomic E-state index is -1.22. The van der Waals surface area contributed by atoms with E-state index in [-0.39, 0.29) is 11.2 Å². The van der Waals surface area contributed by atoms with Crippen LogP contribution in [0.15, 0.2) is 45.3 Å². The molecule has 0 atom stereocenters. The van der Waals surface area contributed by atoms with E-state index >= 15 is 0 Å². The first-order valence-corrected chi connectivity index (χ1v) is 8.65. The van der Waals surface area contributed by atoms with E-state index < -0.39 is 23.9 Å². The molecule has 0 unspecified atom stereocenters. The molecule has 26 heavy (non-hydrogen) atoms. The minimum Gasteiger partial charge on any atom is -0.480 e. The van der Waals surface area contributed by atoms with Gasteiger partial charge in [0, 0.05) is 21.0 Å². The van der Waals surface area contributed by atoms with E-state index in [1.165, 1.54) is 28.7 Å². The van der Waals surface area contributed by atoms with Crippen molar-refractivity contribution in [1.29, 1.82) is 0 Å². The summed E-state index contributed by atoms with van der Waals surface area (Å²) in [6.07, 6.45) is 1.32. The molecule has 0 saturated carbocycles. The predicted octanol–water partition coefficient (Wildman–Crippen LogP) is 2.29. The van der Waals surface area contributed by atoms with Crippen LogP contribution in [0.25, 0.3) is 5.65 Å². The zero-order chi connectivity index (χ0) is 18.8. The molecule has 2 heterocycles. The maximum absolute atomic E-state index is 12.4. The van der Waals surface area contributed by atoms with Gasteiger partial charge in [0.2, 0.25) is 0 Å². The number of carboxylic acids is 1. The molecule has 0 bridgehead atoms. The second kappa shape index (κ2) is 7.40. The standard InChI is InChI=1S/C15H10Cl2N4O4S/c16-7-1-8(17)3-9(2-7)26-11-4-10(22)13(14-19-6-20-21(11)14)15(25)18-5-12(23)24/h1-4,6H,5H2,(H,18,25)(H,19,20)(H,23,24). The van der Waals surface area contributed by atoms with Crippen LogP contribution >= 0.6 is 35.0 Å². The van der Waals surface area contributed by atoms with Gasteiger partial charge in [0.1, 0.15) is 23.5 Å². The lowest BCUT2D eigenvalue weighted by atomic mass is 10.2. The van der Waals surface area contributed by atoms with E-state index in [4.69, 9.17) is 28.3 Å². The smallest absolute Gasteiger partial charge is 0.322 e. The summed E-state index contributed by atoms with van der Waals surface area (Å²) < 4.78 is 1.44. The third-order valence-corrected chi connectivity index (χ3v) is 4.63. The molecule has 0 aliphatic rings. The van der Waals surface area contributed by atoms with Crippen molar-refractivity contribution < 1.29 is 14.7 Å². The molecule has 0 saturated heterocycles. The van der Waals surface area contributed by atoms with E-state index in [1.807, 2.05) is 0 Å². The Kier molecular flexibility index (Phi) is 5.21. The Morgan fingerprint density at radius 1 is 1.23 bits per heavy atom. The Morgan fingerprint density at radius 3 is 2.58 bits per heavy atom.